The molecule has 5 nitrogen and oxygen atoms in total. The van der Waals surface area contributed by atoms with Gasteiger partial charge in [0.25, 0.3) is 0 Å². The summed E-state index contributed by atoms with van der Waals surface area (Å²) < 4.78 is 13.5. The molecule has 0 amide bonds. The highest BCUT2D eigenvalue weighted by molar-refractivity contribution is 7.98. The molecule has 3 rings (SSSR count). The lowest BCUT2D eigenvalue weighted by molar-refractivity contribution is 0.628. The second kappa shape index (κ2) is 9.14. The monoisotopic (exact) mass is 381 g/mol. The first-order valence-electron chi connectivity index (χ1n) is 8.46. The predicted octanol–water partition coefficient (Wildman–Crippen LogP) is 4.73. The third-order valence-corrected chi connectivity index (χ3v) is 4.44. The molecule has 0 saturated heterocycles. The van der Waals surface area contributed by atoms with E-state index in [1.54, 1.807) is 12.1 Å². The van der Waals surface area contributed by atoms with Gasteiger partial charge in [0.1, 0.15) is 17.5 Å². The molecule has 0 unspecified atom stereocenters. The van der Waals surface area contributed by atoms with E-state index in [0.29, 0.717) is 34.6 Å². The van der Waals surface area contributed by atoms with Gasteiger partial charge in [0.05, 0.1) is 5.56 Å². The molecule has 7 heteroatoms. The van der Waals surface area contributed by atoms with Gasteiger partial charge in [-0.25, -0.2) is 14.4 Å². The van der Waals surface area contributed by atoms with Crippen LogP contribution in [0, 0.1) is 11.2 Å². The van der Waals surface area contributed by atoms with Crippen LogP contribution in [0.5, 0.6) is 0 Å². The number of nitrogens with zero attached hydrogens (tertiary/aromatic N) is 2. The van der Waals surface area contributed by atoms with Crippen molar-refractivity contribution in [3.05, 3.63) is 71.5 Å². The van der Waals surface area contributed by atoms with Crippen molar-refractivity contribution in [3.63, 3.8) is 0 Å². The van der Waals surface area contributed by atoms with Gasteiger partial charge >= 0.3 is 0 Å². The molecular weight excluding hydrogens is 361 g/mol. The molecule has 27 heavy (non-hydrogen) atoms. The number of benzene rings is 2. The minimum Gasteiger partial charge on any atom is -0.369 e. The second-order valence-corrected chi connectivity index (χ2v) is 6.54. The van der Waals surface area contributed by atoms with Gasteiger partial charge in [0.15, 0.2) is 5.16 Å². The Morgan fingerprint density at radius 3 is 2.56 bits per heavy atom. The maximum atomic E-state index is 13.5. The molecule has 0 spiro atoms. The molecule has 0 saturated carbocycles. The van der Waals surface area contributed by atoms with Crippen molar-refractivity contribution in [1.82, 2.24) is 9.97 Å². The highest BCUT2D eigenvalue weighted by Gasteiger charge is 2.13. The van der Waals surface area contributed by atoms with E-state index in [1.165, 1.54) is 35.7 Å². The van der Waals surface area contributed by atoms with E-state index >= 15 is 0 Å². The molecule has 0 aliphatic rings. The lowest BCUT2D eigenvalue weighted by atomic mass is 10.1. The Kier molecular flexibility index (Phi) is 6.38. The van der Waals surface area contributed by atoms with E-state index in [-0.39, 0.29) is 5.82 Å². The summed E-state index contributed by atoms with van der Waals surface area (Å²) in [5.41, 5.74) is 2.32. The summed E-state index contributed by atoms with van der Waals surface area (Å²) in [6, 6.07) is 16.3. The average molecular weight is 381 g/mol. The van der Waals surface area contributed by atoms with Gasteiger partial charge in [-0.3, -0.25) is 0 Å². The maximum Gasteiger partial charge on any atom is 0.191 e. The summed E-state index contributed by atoms with van der Waals surface area (Å²) in [6.07, 6.45) is 3.93. The third-order valence-electron chi connectivity index (χ3n) is 3.89. The molecule has 1 heterocycles. The van der Waals surface area contributed by atoms with Gasteiger partial charge < -0.3 is 16.0 Å². The number of halogens is 1. The summed E-state index contributed by atoms with van der Waals surface area (Å²) in [5, 5.41) is 14.8. The van der Waals surface area contributed by atoms with E-state index in [2.05, 4.69) is 32.7 Å². The molecule has 3 N–H and O–H groups in total. The van der Waals surface area contributed by atoms with Gasteiger partial charge in [-0.15, -0.1) is 0 Å². The molecule has 3 aromatic rings. The number of nitrogens with one attached hydrogen (secondary N) is 3. The quantitative estimate of drug-likeness (QED) is 0.299. The van der Waals surface area contributed by atoms with Gasteiger partial charge in [-0.1, -0.05) is 48.2 Å². The summed E-state index contributed by atoms with van der Waals surface area (Å²) in [5.74, 6) is 0.716. The van der Waals surface area contributed by atoms with E-state index in [0.717, 1.165) is 6.42 Å². The number of rotatable bonds is 8. The average Bonchev–Trinajstić information content (AvgIpc) is 2.68. The Balaban J connectivity index is 1.83. The fourth-order valence-electron chi connectivity index (χ4n) is 2.58. The number of hydrogen-bond donors (Lipinski definition) is 3. The molecule has 0 aliphatic carbocycles. The number of hydrogen-bond acceptors (Lipinski definition) is 6. The zero-order valence-electron chi connectivity index (χ0n) is 14.9. The fourth-order valence-corrected chi connectivity index (χ4v) is 2.94. The first-order chi connectivity index (χ1) is 13.2. The summed E-state index contributed by atoms with van der Waals surface area (Å²) >= 11 is 1.41. The Morgan fingerprint density at radius 1 is 1.07 bits per heavy atom. The molecule has 2 aromatic carbocycles. The molecule has 0 radical (unpaired) electrons. The van der Waals surface area contributed by atoms with Gasteiger partial charge in [0, 0.05) is 18.4 Å². The van der Waals surface area contributed by atoms with E-state index < -0.39 is 0 Å². The number of anilines is 3. The minimum absolute atomic E-state index is 0.336. The van der Waals surface area contributed by atoms with Crippen molar-refractivity contribution < 1.29 is 4.39 Å². The molecule has 0 bridgehead atoms. The van der Waals surface area contributed by atoms with Crippen molar-refractivity contribution in [2.45, 2.75) is 11.6 Å². The molecular formula is C20H20FN5S. The third kappa shape index (κ3) is 5.04. The fraction of sp³-hybridized carbons (Fsp3) is 0.150. The Morgan fingerprint density at radius 2 is 1.85 bits per heavy atom. The molecule has 0 aliphatic heterocycles. The van der Waals surface area contributed by atoms with E-state index in [4.69, 9.17) is 5.41 Å². The summed E-state index contributed by atoms with van der Waals surface area (Å²) in [6.45, 7) is 0.676. The first-order valence-corrected chi connectivity index (χ1v) is 9.69. The Bertz CT molecular complexity index is 918. The van der Waals surface area contributed by atoms with Crippen LogP contribution in [0.2, 0.25) is 0 Å². The van der Waals surface area contributed by atoms with Crippen molar-refractivity contribution in [1.29, 1.82) is 5.41 Å². The second-order valence-electron chi connectivity index (χ2n) is 5.76. The minimum atomic E-state index is -0.336. The van der Waals surface area contributed by atoms with Gasteiger partial charge in [-0.05, 0) is 36.4 Å². The zero-order valence-corrected chi connectivity index (χ0v) is 15.7. The Hall–Kier alpha value is -2.93. The van der Waals surface area contributed by atoms with Gasteiger partial charge in [-0.2, -0.15) is 0 Å². The summed E-state index contributed by atoms with van der Waals surface area (Å²) in [4.78, 5) is 8.93. The normalized spacial score (nSPS) is 10.4. The van der Waals surface area contributed by atoms with E-state index in [1.807, 2.05) is 24.5 Å². The molecule has 0 atom stereocenters. The lowest BCUT2D eigenvalue weighted by Gasteiger charge is -2.14. The summed E-state index contributed by atoms with van der Waals surface area (Å²) in [7, 11) is 0. The number of aromatic nitrogens is 2. The zero-order chi connectivity index (χ0) is 19.1. The molecule has 0 fully saturated rings. The SMILES string of the molecule is CSc1nc(NCCc2ccccc2)c(C=N)c(Nc2cccc(F)c2)n1. The first kappa shape index (κ1) is 18.8. The topological polar surface area (TPSA) is 73.7 Å². The van der Waals surface area contributed by atoms with Crippen molar-refractivity contribution in [2.24, 2.45) is 0 Å². The van der Waals surface area contributed by atoms with Crippen LogP contribution in [-0.2, 0) is 6.42 Å². The Labute approximate surface area is 162 Å². The van der Waals surface area contributed by atoms with Crippen LogP contribution in [0.1, 0.15) is 11.1 Å². The molecule has 138 valence electrons. The standard InChI is InChI=1S/C20H20FN5S/c1-27-20-25-18(23-11-10-14-6-3-2-4-7-14)17(13-22)19(26-20)24-16-9-5-8-15(21)12-16/h2-9,12-13,22H,10-11H2,1H3,(H2,23,24,25,26). The van der Waals surface area contributed by atoms with Crippen molar-refractivity contribution in [3.8, 4) is 0 Å². The highest BCUT2D eigenvalue weighted by Crippen LogP contribution is 2.26. The molecule has 1 aromatic heterocycles. The van der Waals surface area contributed by atoms with Crippen LogP contribution >= 0.6 is 11.8 Å². The van der Waals surface area contributed by atoms with Gasteiger partial charge in [0.2, 0.25) is 0 Å². The lowest BCUT2D eigenvalue weighted by Crippen LogP contribution is -2.12. The van der Waals surface area contributed by atoms with Crippen LogP contribution < -0.4 is 10.6 Å². The van der Waals surface area contributed by atoms with Crippen LogP contribution in [0.4, 0.5) is 21.7 Å². The van der Waals surface area contributed by atoms with Crippen LogP contribution in [0.15, 0.2) is 59.8 Å². The van der Waals surface area contributed by atoms with Crippen LogP contribution in [0.25, 0.3) is 0 Å². The van der Waals surface area contributed by atoms with Crippen LogP contribution in [-0.4, -0.2) is 29.0 Å². The highest BCUT2D eigenvalue weighted by atomic mass is 32.2. The van der Waals surface area contributed by atoms with Crippen LogP contribution in [0.3, 0.4) is 0 Å². The maximum absolute atomic E-state index is 13.5. The van der Waals surface area contributed by atoms with E-state index in [9.17, 15) is 4.39 Å². The van der Waals surface area contributed by atoms with Crippen molar-refractivity contribution in [2.75, 3.05) is 23.4 Å². The predicted molar refractivity (Wildman–Crippen MR) is 110 cm³/mol. The smallest absolute Gasteiger partial charge is 0.191 e. The number of thioether (sulfide) groups is 1. The van der Waals surface area contributed by atoms with Crippen molar-refractivity contribution >= 4 is 35.3 Å². The largest absolute Gasteiger partial charge is 0.369 e.